The summed E-state index contributed by atoms with van der Waals surface area (Å²) < 4.78 is 5.33. The van der Waals surface area contributed by atoms with Crippen LogP contribution in [-0.4, -0.2) is 27.8 Å². The molecule has 3 aromatic rings. The first-order valence-corrected chi connectivity index (χ1v) is 9.19. The van der Waals surface area contributed by atoms with Gasteiger partial charge in [0.05, 0.1) is 6.33 Å². The van der Waals surface area contributed by atoms with Crippen LogP contribution in [0.15, 0.2) is 58.1 Å². The Morgan fingerprint density at radius 2 is 2.00 bits per heavy atom. The van der Waals surface area contributed by atoms with E-state index in [0.29, 0.717) is 29.9 Å². The molecular formula is C21H22N4O4. The van der Waals surface area contributed by atoms with Crippen molar-refractivity contribution in [3.05, 3.63) is 87.5 Å². The molecule has 1 atom stereocenters. The molecular weight excluding hydrogens is 372 g/mol. The highest BCUT2D eigenvalue weighted by Gasteiger charge is 2.24. The first kappa shape index (κ1) is 20.1. The van der Waals surface area contributed by atoms with E-state index in [9.17, 15) is 14.4 Å². The van der Waals surface area contributed by atoms with Gasteiger partial charge in [-0.15, -0.1) is 0 Å². The number of benzene rings is 1. The Morgan fingerprint density at radius 1 is 1.24 bits per heavy atom. The molecule has 0 bridgehead atoms. The van der Waals surface area contributed by atoms with Crippen LogP contribution in [0.1, 0.15) is 32.9 Å². The average molecular weight is 394 g/mol. The number of aromatic nitrogens is 2. The van der Waals surface area contributed by atoms with Gasteiger partial charge >= 0.3 is 5.63 Å². The zero-order valence-corrected chi connectivity index (χ0v) is 16.0. The SMILES string of the molecule is Cc1cc(CCc2ccccc2)oc(=O)c1C(=O)N[C@@H](Cc1cnc[nH]1)C(N)=O. The number of nitrogens with two attached hydrogens (primary N) is 1. The number of aryl methyl sites for hydroxylation is 3. The molecule has 2 aromatic heterocycles. The van der Waals surface area contributed by atoms with E-state index in [1.165, 1.54) is 12.5 Å². The highest BCUT2D eigenvalue weighted by molar-refractivity contribution is 5.98. The van der Waals surface area contributed by atoms with Gasteiger partial charge in [-0.25, -0.2) is 9.78 Å². The molecule has 0 saturated heterocycles. The zero-order valence-electron chi connectivity index (χ0n) is 16.0. The lowest BCUT2D eigenvalue weighted by Gasteiger charge is -2.15. The molecule has 8 nitrogen and oxygen atoms in total. The summed E-state index contributed by atoms with van der Waals surface area (Å²) in [6.07, 6.45) is 4.38. The highest BCUT2D eigenvalue weighted by atomic mass is 16.4. The molecule has 0 aliphatic carbocycles. The number of nitrogens with zero attached hydrogens (tertiary/aromatic N) is 1. The van der Waals surface area contributed by atoms with Crippen LogP contribution in [0.3, 0.4) is 0 Å². The predicted octanol–water partition coefficient (Wildman–Crippen LogP) is 1.28. The van der Waals surface area contributed by atoms with E-state index in [-0.39, 0.29) is 12.0 Å². The summed E-state index contributed by atoms with van der Waals surface area (Å²) in [5.74, 6) is -0.916. The van der Waals surface area contributed by atoms with E-state index in [1.807, 2.05) is 30.3 Å². The van der Waals surface area contributed by atoms with Crippen molar-refractivity contribution in [3.8, 4) is 0 Å². The van der Waals surface area contributed by atoms with Crippen molar-refractivity contribution < 1.29 is 14.0 Å². The Bertz CT molecular complexity index is 1040. The lowest BCUT2D eigenvalue weighted by molar-refractivity contribution is -0.119. The highest BCUT2D eigenvalue weighted by Crippen LogP contribution is 2.11. The summed E-state index contributed by atoms with van der Waals surface area (Å²) >= 11 is 0. The van der Waals surface area contributed by atoms with Gasteiger partial charge < -0.3 is 20.5 Å². The molecule has 2 heterocycles. The first-order valence-electron chi connectivity index (χ1n) is 9.19. The molecule has 0 fully saturated rings. The van der Waals surface area contributed by atoms with Crippen LogP contribution in [0, 0.1) is 6.92 Å². The van der Waals surface area contributed by atoms with Gasteiger partial charge in [0.25, 0.3) is 5.91 Å². The van der Waals surface area contributed by atoms with Gasteiger partial charge in [0, 0.05) is 24.7 Å². The minimum absolute atomic E-state index is 0.135. The topological polar surface area (TPSA) is 131 Å². The number of carbonyl (C=O) groups is 2. The third kappa shape index (κ3) is 5.19. The Morgan fingerprint density at radius 3 is 2.62 bits per heavy atom. The molecule has 8 heteroatoms. The van der Waals surface area contributed by atoms with Crippen LogP contribution in [0.5, 0.6) is 0 Å². The van der Waals surface area contributed by atoms with Gasteiger partial charge in [0.15, 0.2) is 0 Å². The molecule has 3 rings (SSSR count). The van der Waals surface area contributed by atoms with Crippen molar-refractivity contribution in [1.82, 2.24) is 15.3 Å². The molecule has 29 heavy (non-hydrogen) atoms. The van der Waals surface area contributed by atoms with E-state index in [2.05, 4.69) is 15.3 Å². The number of carbonyl (C=O) groups excluding carboxylic acids is 2. The standard InChI is InChI=1S/C21H22N4O4/c1-13-9-16(8-7-14-5-3-2-4-6-14)29-21(28)18(13)20(27)25-17(19(22)26)10-15-11-23-12-24-15/h2-6,9,11-12,17H,7-8,10H2,1H3,(H2,22,26)(H,23,24)(H,25,27)/t17-/m0/s1. The number of hydrogen-bond acceptors (Lipinski definition) is 5. The van der Waals surface area contributed by atoms with Gasteiger partial charge in [0.1, 0.15) is 17.4 Å². The van der Waals surface area contributed by atoms with Crippen LogP contribution in [0.2, 0.25) is 0 Å². The normalized spacial score (nSPS) is 11.8. The summed E-state index contributed by atoms with van der Waals surface area (Å²) in [5, 5.41) is 2.51. The molecule has 0 spiro atoms. The lowest BCUT2D eigenvalue weighted by Crippen LogP contribution is -2.47. The number of rotatable bonds is 8. The maximum Gasteiger partial charge on any atom is 0.349 e. The number of hydrogen-bond donors (Lipinski definition) is 3. The monoisotopic (exact) mass is 394 g/mol. The Kier molecular flexibility index (Phi) is 6.23. The van der Waals surface area contributed by atoms with Crippen LogP contribution >= 0.6 is 0 Å². The number of aromatic amines is 1. The molecule has 0 saturated carbocycles. The first-order chi connectivity index (χ1) is 13.9. The fourth-order valence-corrected chi connectivity index (χ4v) is 3.05. The van der Waals surface area contributed by atoms with Gasteiger partial charge in [-0.2, -0.15) is 0 Å². The minimum atomic E-state index is -0.987. The Hall–Kier alpha value is -3.68. The van der Waals surface area contributed by atoms with Gasteiger partial charge in [-0.3, -0.25) is 9.59 Å². The molecule has 0 radical (unpaired) electrons. The maximum atomic E-state index is 12.6. The molecule has 0 unspecified atom stereocenters. The summed E-state index contributed by atoms with van der Waals surface area (Å²) in [6, 6.07) is 10.5. The molecule has 1 aromatic carbocycles. The Balaban J connectivity index is 1.72. The lowest BCUT2D eigenvalue weighted by atomic mass is 10.1. The third-order valence-electron chi connectivity index (χ3n) is 4.56. The maximum absolute atomic E-state index is 12.6. The van der Waals surface area contributed by atoms with Crippen molar-refractivity contribution in [2.75, 3.05) is 0 Å². The van der Waals surface area contributed by atoms with Crippen LogP contribution in [0.4, 0.5) is 0 Å². The number of nitrogens with one attached hydrogen (secondary N) is 2. The summed E-state index contributed by atoms with van der Waals surface area (Å²) in [4.78, 5) is 43.5. The van der Waals surface area contributed by atoms with E-state index in [1.54, 1.807) is 13.0 Å². The van der Waals surface area contributed by atoms with Crippen molar-refractivity contribution in [1.29, 1.82) is 0 Å². The van der Waals surface area contributed by atoms with Crippen molar-refractivity contribution in [3.63, 3.8) is 0 Å². The fraction of sp³-hybridized carbons (Fsp3) is 0.238. The minimum Gasteiger partial charge on any atom is -0.427 e. The van der Waals surface area contributed by atoms with Crippen molar-refractivity contribution in [2.45, 2.75) is 32.2 Å². The third-order valence-corrected chi connectivity index (χ3v) is 4.56. The zero-order chi connectivity index (χ0) is 20.8. The van der Waals surface area contributed by atoms with E-state index in [4.69, 9.17) is 10.2 Å². The summed E-state index contributed by atoms with van der Waals surface area (Å²) in [7, 11) is 0. The second-order valence-corrected chi connectivity index (χ2v) is 6.75. The Labute approximate surface area is 167 Å². The number of H-pyrrole nitrogens is 1. The number of amides is 2. The quantitative estimate of drug-likeness (QED) is 0.530. The summed E-state index contributed by atoms with van der Waals surface area (Å²) in [5.41, 5.74) is 6.74. The smallest absolute Gasteiger partial charge is 0.349 e. The van der Waals surface area contributed by atoms with E-state index in [0.717, 1.165) is 5.56 Å². The molecule has 4 N–H and O–H groups in total. The number of imidazole rings is 1. The summed E-state index contributed by atoms with van der Waals surface area (Å²) in [6.45, 7) is 1.66. The van der Waals surface area contributed by atoms with Crippen LogP contribution < -0.4 is 16.7 Å². The fourth-order valence-electron chi connectivity index (χ4n) is 3.05. The van der Waals surface area contributed by atoms with Crippen molar-refractivity contribution in [2.24, 2.45) is 5.73 Å². The van der Waals surface area contributed by atoms with Gasteiger partial charge in [0.2, 0.25) is 5.91 Å². The molecule has 150 valence electrons. The molecule has 0 aliphatic heterocycles. The molecule has 2 amide bonds. The van der Waals surface area contributed by atoms with E-state index >= 15 is 0 Å². The van der Waals surface area contributed by atoms with Crippen LogP contribution in [-0.2, 0) is 24.1 Å². The molecule has 0 aliphatic rings. The predicted molar refractivity (Wildman–Crippen MR) is 106 cm³/mol. The van der Waals surface area contributed by atoms with Gasteiger partial charge in [-0.1, -0.05) is 30.3 Å². The average Bonchev–Trinajstić information content (AvgIpc) is 3.19. The van der Waals surface area contributed by atoms with Crippen molar-refractivity contribution >= 4 is 11.8 Å². The largest absolute Gasteiger partial charge is 0.427 e. The number of primary amides is 1. The second-order valence-electron chi connectivity index (χ2n) is 6.75. The van der Waals surface area contributed by atoms with Gasteiger partial charge in [-0.05, 0) is 30.5 Å². The van der Waals surface area contributed by atoms with E-state index < -0.39 is 23.5 Å². The second kappa shape index (κ2) is 9.01. The van der Waals surface area contributed by atoms with Crippen LogP contribution in [0.25, 0.3) is 0 Å².